The quantitative estimate of drug-likeness (QED) is 0.766. The molecule has 6 heteroatoms. The number of nitrogen functional groups attached to an aromatic ring is 1. The molecule has 2 heterocycles. The molecule has 0 radical (unpaired) electrons. The van der Waals surface area contributed by atoms with Gasteiger partial charge < -0.3 is 10.6 Å². The average Bonchev–Trinajstić information content (AvgIpc) is 2.68. The van der Waals surface area contributed by atoms with E-state index >= 15 is 0 Å². The third-order valence-electron chi connectivity index (χ3n) is 2.97. The molecule has 0 aromatic carbocycles. The van der Waals surface area contributed by atoms with Gasteiger partial charge in [-0.05, 0) is 6.92 Å². The minimum atomic E-state index is -0.0103. The lowest BCUT2D eigenvalue weighted by Gasteiger charge is -2.37. The first-order valence-corrected chi connectivity index (χ1v) is 6.38. The maximum Gasteiger partial charge on any atom is 0.272 e. The number of anilines is 1. The topological polar surface area (TPSA) is 75.0 Å². The van der Waals surface area contributed by atoms with Crippen molar-refractivity contribution in [1.29, 1.82) is 0 Å². The van der Waals surface area contributed by atoms with Gasteiger partial charge in [-0.2, -0.15) is 16.9 Å². The number of carbonyl (C=O) groups is 1. The van der Waals surface area contributed by atoms with Gasteiger partial charge in [0.05, 0.1) is 0 Å². The van der Waals surface area contributed by atoms with E-state index in [0.29, 0.717) is 16.8 Å². The normalized spacial score (nSPS) is 25.8. The number of rotatable bonds is 1. The van der Waals surface area contributed by atoms with Crippen LogP contribution < -0.4 is 5.73 Å². The monoisotopic (exact) mass is 240 g/mol. The molecule has 1 amide bonds. The Morgan fingerprint density at radius 2 is 2.44 bits per heavy atom. The molecule has 1 fully saturated rings. The highest BCUT2D eigenvalue weighted by Crippen LogP contribution is 2.25. The van der Waals surface area contributed by atoms with Gasteiger partial charge >= 0.3 is 0 Å². The van der Waals surface area contributed by atoms with E-state index < -0.39 is 0 Å². The van der Waals surface area contributed by atoms with Crippen LogP contribution in [0.2, 0.25) is 0 Å². The molecule has 16 heavy (non-hydrogen) atoms. The minimum absolute atomic E-state index is 0.0103. The lowest BCUT2D eigenvalue weighted by atomic mass is 10.2. The van der Waals surface area contributed by atoms with Crippen molar-refractivity contribution in [3.8, 4) is 0 Å². The summed E-state index contributed by atoms with van der Waals surface area (Å²) in [6.45, 7) is 5.01. The zero-order valence-electron chi connectivity index (χ0n) is 9.43. The first kappa shape index (κ1) is 11.3. The fraction of sp³-hybridized carbons (Fsp3) is 0.600. The van der Waals surface area contributed by atoms with Crippen molar-refractivity contribution in [2.75, 3.05) is 18.0 Å². The fourth-order valence-corrected chi connectivity index (χ4v) is 2.92. The van der Waals surface area contributed by atoms with Crippen molar-refractivity contribution >= 4 is 23.5 Å². The molecule has 0 spiro atoms. The third kappa shape index (κ3) is 2.02. The highest BCUT2D eigenvalue weighted by molar-refractivity contribution is 8.00. The van der Waals surface area contributed by atoms with Crippen LogP contribution in [0, 0.1) is 0 Å². The van der Waals surface area contributed by atoms with Gasteiger partial charge in [0.2, 0.25) is 0 Å². The molecular formula is C10H16N4OS. The molecular weight excluding hydrogens is 224 g/mol. The van der Waals surface area contributed by atoms with Crippen molar-refractivity contribution in [2.45, 2.75) is 25.1 Å². The average molecular weight is 240 g/mol. The van der Waals surface area contributed by atoms with E-state index in [4.69, 9.17) is 5.73 Å². The van der Waals surface area contributed by atoms with Crippen LogP contribution in [-0.2, 0) is 0 Å². The molecule has 0 aliphatic carbocycles. The molecule has 88 valence electrons. The Labute approximate surface area is 98.8 Å². The molecule has 1 aliphatic rings. The highest BCUT2D eigenvalue weighted by Gasteiger charge is 2.30. The Balaban J connectivity index is 2.15. The van der Waals surface area contributed by atoms with Gasteiger partial charge in [0.1, 0.15) is 11.5 Å². The molecule has 1 saturated heterocycles. The lowest BCUT2D eigenvalue weighted by Crippen LogP contribution is -2.48. The van der Waals surface area contributed by atoms with Crippen LogP contribution in [0.1, 0.15) is 24.3 Å². The number of amides is 1. The predicted octanol–water partition coefficient (Wildman–Crippen LogP) is 0.958. The molecule has 0 bridgehead atoms. The third-order valence-corrected chi connectivity index (χ3v) is 4.31. The second-order valence-corrected chi connectivity index (χ2v) is 5.51. The number of aromatic nitrogens is 2. The Morgan fingerprint density at radius 3 is 3.06 bits per heavy atom. The van der Waals surface area contributed by atoms with Crippen molar-refractivity contribution < 1.29 is 4.79 Å². The first-order chi connectivity index (χ1) is 7.59. The molecule has 2 rings (SSSR count). The van der Waals surface area contributed by atoms with Gasteiger partial charge in [0.25, 0.3) is 5.91 Å². The van der Waals surface area contributed by atoms with Crippen LogP contribution in [0.4, 0.5) is 5.82 Å². The molecule has 1 aliphatic heterocycles. The number of H-pyrrole nitrogens is 1. The summed E-state index contributed by atoms with van der Waals surface area (Å²) in [5.74, 6) is 1.33. The van der Waals surface area contributed by atoms with E-state index in [-0.39, 0.29) is 11.9 Å². The maximum absolute atomic E-state index is 12.2. The number of nitrogens with two attached hydrogens (primary N) is 1. The van der Waals surface area contributed by atoms with Gasteiger partial charge in [0.15, 0.2) is 0 Å². The van der Waals surface area contributed by atoms with E-state index in [1.165, 1.54) is 0 Å². The van der Waals surface area contributed by atoms with Gasteiger partial charge in [-0.25, -0.2) is 0 Å². The lowest BCUT2D eigenvalue weighted by molar-refractivity contribution is 0.0692. The van der Waals surface area contributed by atoms with Gasteiger partial charge in [0, 0.05) is 29.7 Å². The molecule has 5 nitrogen and oxygen atoms in total. The predicted molar refractivity (Wildman–Crippen MR) is 65.4 cm³/mol. The van der Waals surface area contributed by atoms with Crippen LogP contribution in [0.3, 0.4) is 0 Å². The number of hydrogen-bond acceptors (Lipinski definition) is 4. The van der Waals surface area contributed by atoms with Gasteiger partial charge in [-0.1, -0.05) is 6.92 Å². The Bertz CT molecular complexity index is 392. The van der Waals surface area contributed by atoms with Crippen LogP contribution in [0.25, 0.3) is 0 Å². The van der Waals surface area contributed by atoms with Crippen molar-refractivity contribution in [1.82, 2.24) is 15.1 Å². The smallest absolute Gasteiger partial charge is 0.272 e. The molecule has 2 atom stereocenters. The summed E-state index contributed by atoms with van der Waals surface area (Å²) in [6, 6.07) is 1.83. The van der Waals surface area contributed by atoms with Crippen molar-refractivity contribution in [3.05, 3.63) is 11.8 Å². The van der Waals surface area contributed by atoms with Crippen molar-refractivity contribution in [3.63, 3.8) is 0 Å². The summed E-state index contributed by atoms with van der Waals surface area (Å²) in [5, 5.41) is 6.91. The van der Waals surface area contributed by atoms with Crippen LogP contribution in [-0.4, -0.2) is 44.6 Å². The summed E-state index contributed by atoms with van der Waals surface area (Å²) in [4.78, 5) is 14.0. The van der Waals surface area contributed by atoms with Crippen LogP contribution in [0.15, 0.2) is 6.07 Å². The number of thioether (sulfide) groups is 1. The molecule has 1 aromatic rings. The maximum atomic E-state index is 12.2. The van der Waals surface area contributed by atoms with Crippen molar-refractivity contribution in [2.24, 2.45) is 0 Å². The Kier molecular flexibility index (Phi) is 3.09. The fourth-order valence-electron chi connectivity index (χ4n) is 1.82. The first-order valence-electron chi connectivity index (χ1n) is 5.33. The molecule has 1 aromatic heterocycles. The van der Waals surface area contributed by atoms with E-state index in [9.17, 15) is 4.79 Å². The zero-order chi connectivity index (χ0) is 11.7. The summed E-state index contributed by atoms with van der Waals surface area (Å²) in [5.41, 5.74) is 5.97. The van der Waals surface area contributed by atoms with E-state index in [0.717, 1.165) is 12.3 Å². The number of hydrogen-bond donors (Lipinski definition) is 2. The number of carbonyl (C=O) groups excluding carboxylic acids is 1. The molecule has 0 saturated carbocycles. The van der Waals surface area contributed by atoms with Crippen LogP contribution in [0.5, 0.6) is 0 Å². The largest absolute Gasteiger partial charge is 0.382 e. The standard InChI is InChI=1S/C10H16N4OS/c1-6-7(2)16-4-3-14(6)10(15)8-5-9(11)13-12-8/h5-7H,3-4H2,1-2H3,(H3,11,12,13). The Morgan fingerprint density at radius 1 is 1.69 bits per heavy atom. The summed E-state index contributed by atoms with van der Waals surface area (Å²) in [6.07, 6.45) is 0. The number of nitrogens with zero attached hydrogens (tertiary/aromatic N) is 2. The molecule has 3 N–H and O–H groups in total. The van der Waals surface area contributed by atoms with Gasteiger partial charge in [-0.3, -0.25) is 9.89 Å². The van der Waals surface area contributed by atoms with Crippen LogP contribution >= 0.6 is 11.8 Å². The van der Waals surface area contributed by atoms with Gasteiger partial charge in [-0.15, -0.1) is 0 Å². The summed E-state index contributed by atoms with van der Waals surface area (Å²) >= 11 is 1.90. The molecule has 2 unspecified atom stereocenters. The highest BCUT2D eigenvalue weighted by atomic mass is 32.2. The van der Waals surface area contributed by atoms with E-state index in [2.05, 4.69) is 24.0 Å². The summed E-state index contributed by atoms with van der Waals surface area (Å²) < 4.78 is 0. The van der Waals surface area contributed by atoms with E-state index in [1.807, 2.05) is 16.7 Å². The number of nitrogens with one attached hydrogen (secondary N) is 1. The second-order valence-electron chi connectivity index (χ2n) is 4.02. The Hall–Kier alpha value is -1.17. The number of aromatic amines is 1. The van der Waals surface area contributed by atoms with E-state index in [1.54, 1.807) is 6.07 Å². The second kappa shape index (κ2) is 4.37. The summed E-state index contributed by atoms with van der Waals surface area (Å²) in [7, 11) is 0. The minimum Gasteiger partial charge on any atom is -0.382 e. The zero-order valence-corrected chi connectivity index (χ0v) is 10.3. The SMILES string of the molecule is CC1SCCN(C(=O)c2cc(N)n[nH]2)C1C.